The average molecular weight is 242 g/mol. The van der Waals surface area contributed by atoms with Crippen LogP contribution in [0.1, 0.15) is 19.3 Å². The summed E-state index contributed by atoms with van der Waals surface area (Å²) in [5.41, 5.74) is -0.135. The smallest absolute Gasteiger partial charge is 0.317 e. The van der Waals surface area contributed by atoms with Crippen molar-refractivity contribution < 1.29 is 0 Å². The Bertz CT molecular complexity index is 380. The van der Waals surface area contributed by atoms with Crippen molar-refractivity contribution in [3.63, 3.8) is 0 Å². The molecule has 0 atom stereocenters. The Hall–Kier alpha value is -0.750. The van der Waals surface area contributed by atoms with Gasteiger partial charge in [-0.1, -0.05) is 11.8 Å². The van der Waals surface area contributed by atoms with E-state index in [0.717, 1.165) is 29.9 Å². The van der Waals surface area contributed by atoms with Crippen molar-refractivity contribution in [2.24, 2.45) is 13.0 Å². The van der Waals surface area contributed by atoms with Gasteiger partial charge in [0.15, 0.2) is 5.16 Å². The Morgan fingerprint density at radius 1 is 1.50 bits per heavy atom. The van der Waals surface area contributed by atoms with Gasteiger partial charge in [0.2, 0.25) is 0 Å². The van der Waals surface area contributed by atoms with Gasteiger partial charge < -0.3 is 5.32 Å². The summed E-state index contributed by atoms with van der Waals surface area (Å²) in [7, 11) is 1.75. The van der Waals surface area contributed by atoms with E-state index < -0.39 is 0 Å². The van der Waals surface area contributed by atoms with Crippen LogP contribution >= 0.6 is 11.8 Å². The highest BCUT2D eigenvalue weighted by Gasteiger charge is 2.13. The molecule has 90 valence electrons. The summed E-state index contributed by atoms with van der Waals surface area (Å²) >= 11 is 1.66. The summed E-state index contributed by atoms with van der Waals surface area (Å²) in [6.45, 7) is 2.30. The molecule has 0 radical (unpaired) electrons. The van der Waals surface area contributed by atoms with Crippen molar-refractivity contribution in [3.8, 4) is 0 Å². The van der Waals surface area contributed by atoms with Gasteiger partial charge >= 0.3 is 5.69 Å². The Kier molecular flexibility index (Phi) is 4.06. The number of nitrogens with zero attached hydrogens (tertiary/aromatic N) is 2. The van der Waals surface area contributed by atoms with E-state index in [1.165, 1.54) is 19.3 Å². The summed E-state index contributed by atoms with van der Waals surface area (Å²) in [5.74, 6) is 1.88. The number of H-pyrrole nitrogens is 1. The maximum Gasteiger partial charge on any atom is 0.343 e. The van der Waals surface area contributed by atoms with Crippen LogP contribution < -0.4 is 11.0 Å². The lowest BCUT2D eigenvalue weighted by Gasteiger charge is -2.21. The second kappa shape index (κ2) is 5.54. The van der Waals surface area contributed by atoms with E-state index in [0.29, 0.717) is 0 Å². The third-order valence-electron chi connectivity index (χ3n) is 3.05. The topological polar surface area (TPSA) is 62.7 Å². The van der Waals surface area contributed by atoms with E-state index in [1.807, 2.05) is 0 Å². The number of hydrogen-bond acceptors (Lipinski definition) is 4. The largest absolute Gasteiger partial charge is 0.343 e. The molecule has 1 aromatic heterocycles. The van der Waals surface area contributed by atoms with Gasteiger partial charge in [0.1, 0.15) is 0 Å². The number of nitrogens with one attached hydrogen (secondary N) is 2. The predicted molar refractivity (Wildman–Crippen MR) is 64.8 cm³/mol. The van der Waals surface area contributed by atoms with Crippen LogP contribution in [0.2, 0.25) is 0 Å². The zero-order valence-corrected chi connectivity index (χ0v) is 10.3. The molecule has 6 heteroatoms. The van der Waals surface area contributed by atoms with E-state index in [2.05, 4.69) is 15.5 Å². The molecule has 1 aromatic rings. The second-order valence-corrected chi connectivity index (χ2v) is 5.26. The maximum absolute atomic E-state index is 11.1. The Balaban J connectivity index is 1.75. The summed E-state index contributed by atoms with van der Waals surface area (Å²) < 4.78 is 1.56. The molecule has 0 spiro atoms. The van der Waals surface area contributed by atoms with Gasteiger partial charge in [-0.3, -0.25) is 4.57 Å². The van der Waals surface area contributed by atoms with Gasteiger partial charge in [-0.2, -0.15) is 0 Å². The molecular formula is C10H18N4OS. The van der Waals surface area contributed by atoms with Crippen molar-refractivity contribution in [3.05, 3.63) is 10.5 Å². The molecule has 0 aliphatic carbocycles. The van der Waals surface area contributed by atoms with Crippen LogP contribution in [0.5, 0.6) is 0 Å². The fraction of sp³-hybridized carbons (Fsp3) is 0.800. The van der Waals surface area contributed by atoms with Crippen LogP contribution in [-0.4, -0.2) is 33.6 Å². The molecule has 16 heavy (non-hydrogen) atoms. The first-order valence-electron chi connectivity index (χ1n) is 5.72. The van der Waals surface area contributed by atoms with Gasteiger partial charge in [-0.25, -0.2) is 9.89 Å². The number of aromatic amines is 1. The molecule has 0 saturated carbocycles. The molecule has 0 unspecified atom stereocenters. The first-order chi connectivity index (χ1) is 7.77. The highest BCUT2D eigenvalue weighted by molar-refractivity contribution is 7.99. The van der Waals surface area contributed by atoms with Crippen LogP contribution in [-0.2, 0) is 7.05 Å². The van der Waals surface area contributed by atoms with Crippen molar-refractivity contribution in [2.45, 2.75) is 24.4 Å². The van der Waals surface area contributed by atoms with Crippen molar-refractivity contribution in [1.29, 1.82) is 0 Å². The first kappa shape index (κ1) is 11.7. The molecule has 2 rings (SSSR count). The average Bonchev–Trinajstić information content (AvgIpc) is 2.62. The van der Waals surface area contributed by atoms with Crippen LogP contribution in [0.4, 0.5) is 0 Å². The molecule has 0 amide bonds. The molecule has 1 aliphatic heterocycles. The fourth-order valence-electron chi connectivity index (χ4n) is 1.95. The van der Waals surface area contributed by atoms with E-state index in [9.17, 15) is 4.79 Å². The number of aromatic nitrogens is 3. The number of thioether (sulfide) groups is 1. The quantitative estimate of drug-likeness (QED) is 0.759. The molecule has 5 nitrogen and oxygen atoms in total. The lowest BCUT2D eigenvalue weighted by molar-refractivity contribution is 0.367. The van der Waals surface area contributed by atoms with E-state index in [4.69, 9.17) is 0 Å². The van der Waals surface area contributed by atoms with E-state index in [1.54, 1.807) is 23.4 Å². The fourth-order valence-corrected chi connectivity index (χ4v) is 2.97. The molecule has 1 saturated heterocycles. The summed E-state index contributed by atoms with van der Waals surface area (Å²) in [6.07, 6.45) is 3.77. The molecule has 0 aromatic carbocycles. The van der Waals surface area contributed by atoms with E-state index in [-0.39, 0.29) is 5.69 Å². The van der Waals surface area contributed by atoms with Crippen molar-refractivity contribution in [1.82, 2.24) is 20.1 Å². The Labute approximate surface area is 99.0 Å². The van der Waals surface area contributed by atoms with Crippen LogP contribution in [0.25, 0.3) is 0 Å². The third-order valence-corrected chi connectivity index (χ3v) is 4.12. The lowest BCUT2D eigenvalue weighted by atomic mass is 9.96. The minimum Gasteiger partial charge on any atom is -0.317 e. The zero-order valence-electron chi connectivity index (χ0n) is 9.53. The number of rotatable bonds is 4. The minimum absolute atomic E-state index is 0.135. The lowest BCUT2D eigenvalue weighted by Crippen LogP contribution is -2.27. The van der Waals surface area contributed by atoms with Gasteiger partial charge in [0, 0.05) is 12.8 Å². The molecule has 2 N–H and O–H groups in total. The third kappa shape index (κ3) is 2.89. The molecule has 1 fully saturated rings. The molecule has 1 aliphatic rings. The normalized spacial score (nSPS) is 17.8. The summed E-state index contributed by atoms with van der Waals surface area (Å²) in [6, 6.07) is 0. The molecular weight excluding hydrogens is 224 g/mol. The van der Waals surface area contributed by atoms with Crippen LogP contribution in [0, 0.1) is 5.92 Å². The molecule has 2 heterocycles. The zero-order chi connectivity index (χ0) is 11.4. The second-order valence-electron chi connectivity index (χ2n) is 4.20. The van der Waals surface area contributed by atoms with E-state index >= 15 is 0 Å². The standard InChI is InChI=1S/C10H18N4OS/c1-14-9(15)12-13-10(14)16-7-4-8-2-5-11-6-3-8/h8,11H,2-7H2,1H3,(H,12,15). The Morgan fingerprint density at radius 3 is 2.88 bits per heavy atom. The SMILES string of the molecule is Cn1c(SCCC2CCNCC2)n[nH]c1=O. The minimum atomic E-state index is -0.135. The summed E-state index contributed by atoms with van der Waals surface area (Å²) in [5, 5.41) is 10.6. The highest BCUT2D eigenvalue weighted by Crippen LogP contribution is 2.21. The van der Waals surface area contributed by atoms with Gasteiger partial charge in [-0.05, 0) is 38.3 Å². The number of piperidine rings is 1. The van der Waals surface area contributed by atoms with Crippen molar-refractivity contribution in [2.75, 3.05) is 18.8 Å². The predicted octanol–water partition coefficient (Wildman–Crippen LogP) is 0.590. The first-order valence-corrected chi connectivity index (χ1v) is 6.71. The summed E-state index contributed by atoms with van der Waals surface area (Å²) in [4.78, 5) is 11.1. The maximum atomic E-state index is 11.1. The van der Waals surface area contributed by atoms with Crippen LogP contribution in [0.15, 0.2) is 9.95 Å². The van der Waals surface area contributed by atoms with Gasteiger partial charge in [-0.15, -0.1) is 5.10 Å². The van der Waals surface area contributed by atoms with Gasteiger partial charge in [0.05, 0.1) is 0 Å². The monoisotopic (exact) mass is 242 g/mol. The van der Waals surface area contributed by atoms with Gasteiger partial charge in [0.25, 0.3) is 0 Å². The Morgan fingerprint density at radius 2 is 2.25 bits per heavy atom. The highest BCUT2D eigenvalue weighted by atomic mass is 32.2. The number of hydrogen-bond donors (Lipinski definition) is 2. The van der Waals surface area contributed by atoms with Crippen molar-refractivity contribution >= 4 is 11.8 Å². The molecule has 0 bridgehead atoms. The van der Waals surface area contributed by atoms with Crippen LogP contribution in [0.3, 0.4) is 0 Å².